The van der Waals surface area contributed by atoms with Gasteiger partial charge in [0, 0.05) is 23.9 Å². The molecule has 0 aliphatic heterocycles. The van der Waals surface area contributed by atoms with Gasteiger partial charge in [0.25, 0.3) is 0 Å². The zero-order chi connectivity index (χ0) is 20.2. The fraction of sp³-hybridized carbons (Fsp3) is 0.348. The first-order valence-electron chi connectivity index (χ1n) is 9.46. The number of carbonyl (C=O) groups excluding carboxylic acids is 1. The van der Waals surface area contributed by atoms with Crippen molar-refractivity contribution in [3.8, 4) is 11.8 Å². The number of sulfonamides is 1. The van der Waals surface area contributed by atoms with Crippen molar-refractivity contribution >= 4 is 15.8 Å². The van der Waals surface area contributed by atoms with E-state index in [2.05, 4.69) is 11.8 Å². The Balaban J connectivity index is 1.95. The average molecular weight is 396 g/mol. The Kier molecular flexibility index (Phi) is 6.02. The highest BCUT2D eigenvalue weighted by molar-refractivity contribution is 7.89. The molecule has 0 N–H and O–H groups in total. The SMILES string of the molecule is Cc1ccc(S(=O)(=O)N(CC#Cc2ccccc2)C2(C)CCC(=O)CC2)cc1. The minimum atomic E-state index is -3.73. The number of hydrogen-bond acceptors (Lipinski definition) is 3. The quantitative estimate of drug-likeness (QED) is 0.737. The molecular weight excluding hydrogens is 370 g/mol. The van der Waals surface area contributed by atoms with E-state index in [-0.39, 0.29) is 17.2 Å². The van der Waals surface area contributed by atoms with Crippen molar-refractivity contribution in [2.75, 3.05) is 6.54 Å². The molecule has 0 heterocycles. The van der Waals surface area contributed by atoms with Gasteiger partial charge in [0.05, 0.1) is 11.4 Å². The summed E-state index contributed by atoms with van der Waals surface area (Å²) in [5.41, 5.74) is 1.23. The maximum Gasteiger partial charge on any atom is 0.244 e. The number of Topliss-reactive ketones (excluding diaryl/α,β-unsaturated/α-hetero) is 1. The van der Waals surface area contributed by atoms with Gasteiger partial charge in [-0.2, -0.15) is 4.31 Å². The van der Waals surface area contributed by atoms with E-state index in [1.807, 2.05) is 44.2 Å². The standard InChI is InChI=1S/C23H25NO3S/c1-19-10-12-22(13-11-19)28(26,27)24(23(2)16-14-21(25)15-17-23)18-6-9-20-7-4-3-5-8-20/h3-5,7-8,10-13H,14-18H2,1-2H3. The van der Waals surface area contributed by atoms with Crippen LogP contribution in [0.2, 0.25) is 0 Å². The van der Waals surface area contributed by atoms with Gasteiger partial charge in [-0.05, 0) is 51.0 Å². The zero-order valence-corrected chi connectivity index (χ0v) is 17.1. The zero-order valence-electron chi connectivity index (χ0n) is 16.3. The van der Waals surface area contributed by atoms with E-state index in [1.54, 1.807) is 24.3 Å². The molecule has 0 atom stereocenters. The Morgan fingerprint density at radius 2 is 1.61 bits per heavy atom. The number of nitrogens with zero attached hydrogens (tertiary/aromatic N) is 1. The minimum Gasteiger partial charge on any atom is -0.300 e. The molecule has 1 fully saturated rings. The van der Waals surface area contributed by atoms with Crippen molar-refractivity contribution < 1.29 is 13.2 Å². The van der Waals surface area contributed by atoms with Gasteiger partial charge < -0.3 is 0 Å². The third-order valence-corrected chi connectivity index (χ3v) is 7.34. The molecule has 2 aromatic carbocycles. The smallest absolute Gasteiger partial charge is 0.244 e. The molecule has 0 bridgehead atoms. The van der Waals surface area contributed by atoms with Crippen molar-refractivity contribution in [2.24, 2.45) is 0 Å². The Bertz CT molecular complexity index is 989. The van der Waals surface area contributed by atoms with Crippen molar-refractivity contribution in [1.29, 1.82) is 0 Å². The summed E-state index contributed by atoms with van der Waals surface area (Å²) in [6.07, 6.45) is 1.85. The van der Waals surface area contributed by atoms with Crippen LogP contribution in [0.15, 0.2) is 59.5 Å². The van der Waals surface area contributed by atoms with Gasteiger partial charge in [0.2, 0.25) is 10.0 Å². The number of rotatable bonds is 4. The number of aryl methyl sites for hydroxylation is 1. The maximum atomic E-state index is 13.4. The van der Waals surface area contributed by atoms with Crippen molar-refractivity contribution in [1.82, 2.24) is 4.31 Å². The maximum absolute atomic E-state index is 13.4. The van der Waals surface area contributed by atoms with Crippen LogP contribution >= 0.6 is 0 Å². The van der Waals surface area contributed by atoms with E-state index >= 15 is 0 Å². The molecule has 1 saturated carbocycles. The Hall–Kier alpha value is -2.42. The first-order chi connectivity index (χ1) is 13.3. The lowest BCUT2D eigenvalue weighted by Crippen LogP contribution is -2.51. The highest BCUT2D eigenvalue weighted by Crippen LogP contribution is 2.35. The average Bonchev–Trinajstić information content (AvgIpc) is 2.68. The molecule has 0 amide bonds. The third kappa shape index (κ3) is 4.52. The topological polar surface area (TPSA) is 54.5 Å². The monoisotopic (exact) mass is 395 g/mol. The molecule has 4 nitrogen and oxygen atoms in total. The lowest BCUT2D eigenvalue weighted by atomic mass is 9.82. The van der Waals surface area contributed by atoms with Gasteiger partial charge in [-0.25, -0.2) is 8.42 Å². The fourth-order valence-corrected chi connectivity index (χ4v) is 5.19. The number of hydrogen-bond donors (Lipinski definition) is 0. The highest BCUT2D eigenvalue weighted by atomic mass is 32.2. The normalized spacial score (nSPS) is 16.5. The van der Waals surface area contributed by atoms with Crippen LogP contribution < -0.4 is 0 Å². The van der Waals surface area contributed by atoms with E-state index < -0.39 is 15.6 Å². The summed E-state index contributed by atoms with van der Waals surface area (Å²) < 4.78 is 28.4. The predicted molar refractivity (Wildman–Crippen MR) is 110 cm³/mol. The Labute approximate surface area is 167 Å². The molecule has 0 aromatic heterocycles. The van der Waals surface area contributed by atoms with Gasteiger partial charge in [-0.3, -0.25) is 4.79 Å². The summed E-state index contributed by atoms with van der Waals surface area (Å²) in [6.45, 7) is 3.94. The van der Waals surface area contributed by atoms with Crippen molar-refractivity contribution in [3.63, 3.8) is 0 Å². The van der Waals surface area contributed by atoms with Crippen molar-refractivity contribution in [2.45, 2.75) is 50.0 Å². The van der Waals surface area contributed by atoms with Gasteiger partial charge in [0.15, 0.2) is 0 Å². The van der Waals surface area contributed by atoms with Gasteiger partial charge in [-0.1, -0.05) is 47.7 Å². The van der Waals surface area contributed by atoms with Crippen LogP contribution in [0.3, 0.4) is 0 Å². The third-order valence-electron chi connectivity index (χ3n) is 5.33. The molecule has 146 valence electrons. The van der Waals surface area contributed by atoms with Crippen LogP contribution in [-0.4, -0.2) is 30.6 Å². The predicted octanol–water partition coefficient (Wildman–Crippen LogP) is 3.94. The van der Waals surface area contributed by atoms with Gasteiger partial charge >= 0.3 is 0 Å². The second kappa shape index (κ2) is 8.30. The second-order valence-electron chi connectivity index (χ2n) is 7.53. The molecule has 0 unspecified atom stereocenters. The Morgan fingerprint density at radius 1 is 1.00 bits per heavy atom. The number of carbonyl (C=O) groups is 1. The largest absolute Gasteiger partial charge is 0.300 e. The van der Waals surface area contributed by atoms with Crippen LogP contribution in [0.1, 0.15) is 43.7 Å². The molecule has 0 saturated heterocycles. The molecule has 3 rings (SSSR count). The van der Waals surface area contributed by atoms with E-state index in [1.165, 1.54) is 4.31 Å². The summed E-state index contributed by atoms with van der Waals surface area (Å²) in [6, 6.07) is 16.4. The molecule has 1 aliphatic carbocycles. The number of benzene rings is 2. The first kappa shape index (κ1) is 20.3. The van der Waals surface area contributed by atoms with Gasteiger partial charge in [-0.15, -0.1) is 0 Å². The lowest BCUT2D eigenvalue weighted by Gasteiger charge is -2.41. The molecule has 28 heavy (non-hydrogen) atoms. The summed E-state index contributed by atoms with van der Waals surface area (Å²) in [4.78, 5) is 12.0. The van der Waals surface area contributed by atoms with Crippen LogP contribution in [-0.2, 0) is 14.8 Å². The van der Waals surface area contributed by atoms with Crippen LogP contribution in [0.4, 0.5) is 0 Å². The second-order valence-corrected chi connectivity index (χ2v) is 9.39. The minimum absolute atomic E-state index is 0.0931. The fourth-order valence-electron chi connectivity index (χ4n) is 3.46. The molecule has 2 aromatic rings. The molecule has 5 heteroatoms. The summed E-state index contributed by atoms with van der Waals surface area (Å²) in [5.74, 6) is 6.28. The molecular formula is C23H25NO3S. The highest BCUT2D eigenvalue weighted by Gasteiger charge is 2.42. The van der Waals surface area contributed by atoms with Crippen LogP contribution in [0, 0.1) is 18.8 Å². The lowest BCUT2D eigenvalue weighted by molar-refractivity contribution is -0.122. The molecule has 1 aliphatic rings. The van der Waals surface area contributed by atoms with Gasteiger partial charge in [0.1, 0.15) is 5.78 Å². The van der Waals surface area contributed by atoms with E-state index in [0.29, 0.717) is 25.7 Å². The Morgan fingerprint density at radius 3 is 2.21 bits per heavy atom. The van der Waals surface area contributed by atoms with Crippen LogP contribution in [0.5, 0.6) is 0 Å². The molecule has 0 radical (unpaired) electrons. The van der Waals surface area contributed by atoms with E-state index in [9.17, 15) is 13.2 Å². The molecule has 0 spiro atoms. The summed E-state index contributed by atoms with van der Waals surface area (Å²) in [5, 5.41) is 0. The first-order valence-corrected chi connectivity index (χ1v) is 10.9. The summed E-state index contributed by atoms with van der Waals surface area (Å²) >= 11 is 0. The van der Waals surface area contributed by atoms with E-state index in [0.717, 1.165) is 11.1 Å². The van der Waals surface area contributed by atoms with E-state index in [4.69, 9.17) is 0 Å². The van der Waals surface area contributed by atoms with Crippen LogP contribution in [0.25, 0.3) is 0 Å². The van der Waals surface area contributed by atoms with Crippen molar-refractivity contribution in [3.05, 3.63) is 65.7 Å². The number of ketones is 1. The summed E-state index contributed by atoms with van der Waals surface area (Å²) in [7, 11) is -3.73.